The second-order valence-electron chi connectivity index (χ2n) is 5.56. The number of nitrogens with zero attached hydrogens (tertiary/aromatic N) is 2. The SMILES string of the molecule is CC1(C)NCCc2c1ncn2Cc1ccccc1F. The highest BCUT2D eigenvalue weighted by molar-refractivity contribution is 5.26. The number of benzene rings is 1. The van der Waals surface area contributed by atoms with Crippen LogP contribution in [-0.4, -0.2) is 16.1 Å². The largest absolute Gasteiger partial charge is 0.330 e. The predicted octanol–water partition coefficient (Wildman–Crippen LogP) is 2.45. The molecule has 0 saturated carbocycles. The molecule has 0 bridgehead atoms. The van der Waals surface area contributed by atoms with E-state index in [4.69, 9.17) is 0 Å². The number of hydrogen-bond donors (Lipinski definition) is 1. The number of imidazole rings is 1. The van der Waals surface area contributed by atoms with Crippen molar-refractivity contribution in [3.8, 4) is 0 Å². The number of hydrogen-bond acceptors (Lipinski definition) is 2. The Morgan fingerprint density at radius 1 is 1.37 bits per heavy atom. The second kappa shape index (κ2) is 4.46. The molecule has 0 atom stereocenters. The number of halogens is 1. The van der Waals surface area contributed by atoms with Crippen LogP contribution >= 0.6 is 0 Å². The van der Waals surface area contributed by atoms with Gasteiger partial charge in [-0.15, -0.1) is 0 Å². The first-order chi connectivity index (χ1) is 9.08. The van der Waals surface area contributed by atoms with Gasteiger partial charge in [-0.05, 0) is 19.9 Å². The summed E-state index contributed by atoms with van der Waals surface area (Å²) in [4.78, 5) is 4.51. The summed E-state index contributed by atoms with van der Waals surface area (Å²) in [5.41, 5.74) is 2.90. The minimum Gasteiger partial charge on any atom is -0.330 e. The van der Waals surface area contributed by atoms with Gasteiger partial charge in [-0.25, -0.2) is 9.37 Å². The molecule has 2 heterocycles. The zero-order chi connectivity index (χ0) is 13.5. The van der Waals surface area contributed by atoms with Crippen molar-refractivity contribution < 1.29 is 4.39 Å². The molecule has 4 heteroatoms. The van der Waals surface area contributed by atoms with E-state index in [1.807, 2.05) is 18.5 Å². The Labute approximate surface area is 112 Å². The van der Waals surface area contributed by atoms with Crippen molar-refractivity contribution in [1.29, 1.82) is 0 Å². The maximum absolute atomic E-state index is 13.7. The summed E-state index contributed by atoms with van der Waals surface area (Å²) < 4.78 is 15.8. The third-order valence-electron chi connectivity index (χ3n) is 3.77. The topological polar surface area (TPSA) is 29.9 Å². The van der Waals surface area contributed by atoms with Gasteiger partial charge in [-0.2, -0.15) is 0 Å². The van der Waals surface area contributed by atoms with E-state index in [0.29, 0.717) is 12.1 Å². The van der Waals surface area contributed by atoms with Crippen molar-refractivity contribution in [2.45, 2.75) is 32.4 Å². The third-order valence-corrected chi connectivity index (χ3v) is 3.77. The summed E-state index contributed by atoms with van der Waals surface area (Å²) in [6.07, 6.45) is 2.76. The van der Waals surface area contributed by atoms with Crippen molar-refractivity contribution in [2.75, 3.05) is 6.54 Å². The Balaban J connectivity index is 1.96. The van der Waals surface area contributed by atoms with Gasteiger partial charge in [0.1, 0.15) is 5.82 Å². The quantitative estimate of drug-likeness (QED) is 0.897. The Bertz CT molecular complexity index is 601. The molecule has 3 nitrogen and oxygen atoms in total. The molecule has 100 valence electrons. The molecule has 0 unspecified atom stereocenters. The van der Waals surface area contributed by atoms with E-state index < -0.39 is 0 Å². The molecule has 1 N–H and O–H groups in total. The third kappa shape index (κ3) is 2.16. The Hall–Kier alpha value is -1.68. The van der Waals surface area contributed by atoms with Crippen molar-refractivity contribution in [3.63, 3.8) is 0 Å². The molecule has 0 spiro atoms. The van der Waals surface area contributed by atoms with Crippen LogP contribution in [0.25, 0.3) is 0 Å². The van der Waals surface area contributed by atoms with Crippen LogP contribution in [0.15, 0.2) is 30.6 Å². The molecule has 0 amide bonds. The summed E-state index contributed by atoms with van der Waals surface area (Å²) in [6, 6.07) is 6.92. The van der Waals surface area contributed by atoms with Crippen molar-refractivity contribution in [3.05, 3.63) is 53.4 Å². The average molecular weight is 259 g/mol. The monoisotopic (exact) mass is 259 g/mol. The highest BCUT2D eigenvalue weighted by atomic mass is 19.1. The van der Waals surface area contributed by atoms with Crippen LogP contribution in [0.2, 0.25) is 0 Å². The number of aromatic nitrogens is 2. The molecule has 1 aliphatic heterocycles. The van der Waals surface area contributed by atoms with Gasteiger partial charge in [0, 0.05) is 24.2 Å². The number of rotatable bonds is 2. The van der Waals surface area contributed by atoms with Gasteiger partial charge in [0.05, 0.1) is 24.1 Å². The van der Waals surface area contributed by atoms with Crippen LogP contribution in [0.5, 0.6) is 0 Å². The molecular formula is C15H18FN3. The number of nitrogens with one attached hydrogen (secondary N) is 1. The lowest BCUT2D eigenvalue weighted by molar-refractivity contribution is 0.368. The smallest absolute Gasteiger partial charge is 0.128 e. The fourth-order valence-electron chi connectivity index (χ4n) is 2.72. The lowest BCUT2D eigenvalue weighted by Gasteiger charge is -2.30. The molecule has 0 radical (unpaired) electrons. The summed E-state index contributed by atoms with van der Waals surface area (Å²) >= 11 is 0. The summed E-state index contributed by atoms with van der Waals surface area (Å²) in [5.74, 6) is -0.154. The Morgan fingerprint density at radius 2 is 2.16 bits per heavy atom. The highest BCUT2D eigenvalue weighted by Crippen LogP contribution is 2.27. The van der Waals surface area contributed by atoms with Gasteiger partial charge in [-0.1, -0.05) is 18.2 Å². The molecule has 1 aromatic carbocycles. The zero-order valence-electron chi connectivity index (χ0n) is 11.3. The van der Waals surface area contributed by atoms with Crippen molar-refractivity contribution in [1.82, 2.24) is 14.9 Å². The fourth-order valence-corrected chi connectivity index (χ4v) is 2.72. The molecular weight excluding hydrogens is 241 g/mol. The van der Waals surface area contributed by atoms with Gasteiger partial charge in [0.25, 0.3) is 0 Å². The molecule has 1 aliphatic rings. The van der Waals surface area contributed by atoms with E-state index in [9.17, 15) is 4.39 Å². The van der Waals surface area contributed by atoms with Crippen molar-refractivity contribution >= 4 is 0 Å². The van der Waals surface area contributed by atoms with Crippen molar-refractivity contribution in [2.24, 2.45) is 0 Å². The van der Waals surface area contributed by atoms with Gasteiger partial charge < -0.3 is 9.88 Å². The molecule has 0 aliphatic carbocycles. The van der Waals surface area contributed by atoms with Crippen LogP contribution in [0.3, 0.4) is 0 Å². The summed E-state index contributed by atoms with van der Waals surface area (Å²) in [7, 11) is 0. The number of fused-ring (bicyclic) bond motifs is 1. The van der Waals surface area contributed by atoms with Gasteiger partial charge in [-0.3, -0.25) is 0 Å². The maximum atomic E-state index is 13.7. The van der Waals surface area contributed by atoms with E-state index in [0.717, 1.165) is 18.7 Å². The summed E-state index contributed by atoms with van der Waals surface area (Å²) in [5, 5.41) is 3.45. The first-order valence-electron chi connectivity index (χ1n) is 6.61. The minimum absolute atomic E-state index is 0.103. The molecule has 19 heavy (non-hydrogen) atoms. The van der Waals surface area contributed by atoms with Crippen LogP contribution in [0.1, 0.15) is 30.8 Å². The van der Waals surface area contributed by atoms with Crippen LogP contribution in [0.4, 0.5) is 4.39 Å². The Morgan fingerprint density at radius 3 is 2.95 bits per heavy atom. The standard InChI is InChI=1S/C15H18FN3/c1-15(2)14-13(7-8-18-15)19(10-17-14)9-11-5-3-4-6-12(11)16/h3-6,10,18H,7-9H2,1-2H3. The first-order valence-corrected chi connectivity index (χ1v) is 6.61. The fraction of sp³-hybridized carbons (Fsp3) is 0.400. The molecule has 2 aromatic rings. The van der Waals surface area contributed by atoms with Crippen LogP contribution in [0, 0.1) is 5.82 Å². The second-order valence-corrected chi connectivity index (χ2v) is 5.56. The van der Waals surface area contributed by atoms with Crippen LogP contribution < -0.4 is 5.32 Å². The normalized spacial score (nSPS) is 17.2. The van der Waals surface area contributed by atoms with Gasteiger partial charge in [0.2, 0.25) is 0 Å². The van der Waals surface area contributed by atoms with Gasteiger partial charge in [0.15, 0.2) is 0 Å². The minimum atomic E-state index is -0.154. The Kier molecular flexibility index (Phi) is 2.90. The van der Waals surface area contributed by atoms with Gasteiger partial charge >= 0.3 is 0 Å². The lowest BCUT2D eigenvalue weighted by Crippen LogP contribution is -2.43. The maximum Gasteiger partial charge on any atom is 0.128 e. The van der Waals surface area contributed by atoms with Crippen LogP contribution in [-0.2, 0) is 18.5 Å². The van der Waals surface area contributed by atoms with E-state index in [-0.39, 0.29) is 11.4 Å². The van der Waals surface area contributed by atoms with E-state index in [1.54, 1.807) is 6.07 Å². The molecule has 0 saturated heterocycles. The summed E-state index contributed by atoms with van der Waals surface area (Å²) in [6.45, 7) is 5.74. The van der Waals surface area contributed by atoms with E-state index >= 15 is 0 Å². The first kappa shape index (κ1) is 12.4. The molecule has 1 aromatic heterocycles. The lowest BCUT2D eigenvalue weighted by atomic mass is 9.93. The predicted molar refractivity (Wildman–Crippen MR) is 72.5 cm³/mol. The average Bonchev–Trinajstić information content (AvgIpc) is 2.77. The highest BCUT2D eigenvalue weighted by Gasteiger charge is 2.30. The van der Waals surface area contributed by atoms with E-state index in [1.165, 1.54) is 11.8 Å². The molecule has 0 fully saturated rings. The van der Waals surface area contributed by atoms with E-state index in [2.05, 4.69) is 28.7 Å². The molecule has 3 rings (SSSR count). The zero-order valence-corrected chi connectivity index (χ0v) is 11.3.